The second kappa shape index (κ2) is 5.03. The molecular weight excluding hydrogens is 198 g/mol. The van der Waals surface area contributed by atoms with Crippen LogP contribution in [0.3, 0.4) is 0 Å². The van der Waals surface area contributed by atoms with Gasteiger partial charge in [0.15, 0.2) is 0 Å². The normalized spacial score (nSPS) is 11.5. The molecule has 2 aromatic heterocycles. The maximum Gasteiger partial charge on any atom is 0.126 e. The highest BCUT2D eigenvalue weighted by Gasteiger charge is 1.89. The zero-order valence-corrected chi connectivity index (χ0v) is 8.89. The van der Waals surface area contributed by atoms with Gasteiger partial charge in [-0.25, -0.2) is 0 Å². The summed E-state index contributed by atoms with van der Waals surface area (Å²) < 4.78 is 5.17. The van der Waals surface area contributed by atoms with Gasteiger partial charge in [0.2, 0.25) is 0 Å². The van der Waals surface area contributed by atoms with Crippen molar-refractivity contribution in [1.82, 2.24) is 4.98 Å². The van der Waals surface area contributed by atoms with Crippen molar-refractivity contribution < 1.29 is 4.42 Å². The summed E-state index contributed by atoms with van der Waals surface area (Å²) in [6, 6.07) is 7.77. The molecule has 0 aliphatic rings. The lowest BCUT2D eigenvalue weighted by molar-refractivity contribution is 0.557. The van der Waals surface area contributed by atoms with E-state index in [0.717, 1.165) is 17.1 Å². The molecule has 0 unspecified atom stereocenters. The van der Waals surface area contributed by atoms with Crippen molar-refractivity contribution in [2.24, 2.45) is 0 Å². The van der Waals surface area contributed by atoms with Crippen molar-refractivity contribution in [1.29, 1.82) is 0 Å². The van der Waals surface area contributed by atoms with Crippen molar-refractivity contribution in [2.75, 3.05) is 0 Å². The summed E-state index contributed by atoms with van der Waals surface area (Å²) in [7, 11) is 0. The summed E-state index contributed by atoms with van der Waals surface area (Å²) in [6.45, 7) is 3.69. The van der Waals surface area contributed by atoms with Crippen LogP contribution < -0.4 is 0 Å². The smallest absolute Gasteiger partial charge is 0.126 e. The predicted molar refractivity (Wildman–Crippen MR) is 67.7 cm³/mol. The summed E-state index contributed by atoms with van der Waals surface area (Å²) in [5, 5.41) is 0. The Labute approximate surface area is 94.6 Å². The highest BCUT2D eigenvalue weighted by atomic mass is 16.3. The molecule has 0 atom stereocenters. The molecule has 0 aromatic carbocycles. The molecule has 2 heteroatoms. The van der Waals surface area contributed by atoms with Crippen LogP contribution in [0.2, 0.25) is 0 Å². The average Bonchev–Trinajstić information content (AvgIpc) is 2.95. The number of aromatic amines is 1. The SMILES string of the molecule is C=Cc1ccc(/C=C/C=C/c2ccco2)[nH]1. The Morgan fingerprint density at radius 1 is 1.06 bits per heavy atom. The first kappa shape index (κ1) is 10.3. The van der Waals surface area contributed by atoms with E-state index in [1.54, 1.807) is 12.3 Å². The van der Waals surface area contributed by atoms with Crippen LogP contribution >= 0.6 is 0 Å². The van der Waals surface area contributed by atoms with Gasteiger partial charge in [-0.05, 0) is 42.5 Å². The van der Waals surface area contributed by atoms with Crippen LogP contribution in [-0.2, 0) is 0 Å². The third-order valence-corrected chi connectivity index (χ3v) is 2.14. The third kappa shape index (κ3) is 2.64. The molecule has 0 spiro atoms. The molecule has 2 rings (SSSR count). The highest BCUT2D eigenvalue weighted by molar-refractivity contribution is 5.55. The monoisotopic (exact) mass is 211 g/mol. The number of rotatable bonds is 4. The van der Waals surface area contributed by atoms with Crippen molar-refractivity contribution in [3.05, 3.63) is 66.4 Å². The number of furan rings is 1. The lowest BCUT2D eigenvalue weighted by Gasteiger charge is -1.84. The second-order valence-corrected chi connectivity index (χ2v) is 3.31. The largest absolute Gasteiger partial charge is 0.465 e. The second-order valence-electron chi connectivity index (χ2n) is 3.31. The molecule has 0 fully saturated rings. The first-order chi connectivity index (χ1) is 7.88. The van der Waals surface area contributed by atoms with E-state index in [0.29, 0.717) is 0 Å². The van der Waals surface area contributed by atoms with Gasteiger partial charge in [-0.1, -0.05) is 18.7 Å². The fourth-order valence-corrected chi connectivity index (χ4v) is 1.34. The molecule has 2 aromatic rings. The summed E-state index contributed by atoms with van der Waals surface area (Å²) in [4.78, 5) is 3.19. The van der Waals surface area contributed by atoms with Crippen LogP contribution in [0.5, 0.6) is 0 Å². The Balaban J connectivity index is 1.97. The Bertz CT molecular complexity index is 501. The van der Waals surface area contributed by atoms with Gasteiger partial charge >= 0.3 is 0 Å². The van der Waals surface area contributed by atoms with Gasteiger partial charge < -0.3 is 9.40 Å². The number of allylic oxidation sites excluding steroid dienone is 2. The van der Waals surface area contributed by atoms with Crippen LogP contribution in [0.25, 0.3) is 18.2 Å². The van der Waals surface area contributed by atoms with Crippen molar-refractivity contribution in [3.8, 4) is 0 Å². The van der Waals surface area contributed by atoms with Crippen LogP contribution in [0, 0.1) is 0 Å². The van der Waals surface area contributed by atoms with Gasteiger partial charge in [0.05, 0.1) is 6.26 Å². The number of nitrogens with one attached hydrogen (secondary N) is 1. The molecular formula is C14H13NO. The molecule has 0 amide bonds. The first-order valence-corrected chi connectivity index (χ1v) is 5.08. The fourth-order valence-electron chi connectivity index (χ4n) is 1.34. The topological polar surface area (TPSA) is 28.9 Å². The van der Waals surface area contributed by atoms with E-state index in [1.165, 1.54) is 0 Å². The maximum atomic E-state index is 5.17. The molecule has 0 radical (unpaired) electrons. The van der Waals surface area contributed by atoms with E-state index in [2.05, 4.69) is 11.6 Å². The van der Waals surface area contributed by atoms with Crippen LogP contribution in [0.15, 0.2) is 53.7 Å². The van der Waals surface area contributed by atoms with Crippen LogP contribution in [-0.4, -0.2) is 4.98 Å². The van der Waals surface area contributed by atoms with Gasteiger partial charge in [-0.15, -0.1) is 0 Å². The molecule has 0 saturated heterocycles. The van der Waals surface area contributed by atoms with E-state index in [-0.39, 0.29) is 0 Å². The first-order valence-electron chi connectivity index (χ1n) is 5.08. The molecule has 2 heterocycles. The highest BCUT2D eigenvalue weighted by Crippen LogP contribution is 2.06. The van der Waals surface area contributed by atoms with Crippen molar-refractivity contribution in [3.63, 3.8) is 0 Å². The lowest BCUT2D eigenvalue weighted by Crippen LogP contribution is -1.70. The lowest BCUT2D eigenvalue weighted by atomic mass is 10.3. The fraction of sp³-hybridized carbons (Fsp3) is 0. The Morgan fingerprint density at radius 2 is 1.88 bits per heavy atom. The number of aromatic nitrogens is 1. The molecule has 0 aliphatic carbocycles. The van der Waals surface area contributed by atoms with Gasteiger partial charge in [-0.3, -0.25) is 0 Å². The van der Waals surface area contributed by atoms with Crippen LogP contribution in [0.4, 0.5) is 0 Å². The maximum absolute atomic E-state index is 5.17. The minimum atomic E-state index is 0.850. The van der Waals surface area contributed by atoms with Crippen molar-refractivity contribution in [2.45, 2.75) is 0 Å². The van der Waals surface area contributed by atoms with E-state index in [4.69, 9.17) is 4.42 Å². The molecule has 0 saturated carbocycles. The molecule has 16 heavy (non-hydrogen) atoms. The van der Waals surface area contributed by atoms with Crippen molar-refractivity contribution >= 4 is 18.2 Å². The molecule has 0 bridgehead atoms. The Morgan fingerprint density at radius 3 is 2.56 bits per heavy atom. The quantitative estimate of drug-likeness (QED) is 0.761. The minimum absolute atomic E-state index is 0.850. The van der Waals surface area contributed by atoms with Crippen LogP contribution in [0.1, 0.15) is 17.1 Å². The summed E-state index contributed by atoms with van der Waals surface area (Å²) in [5.41, 5.74) is 2.08. The average molecular weight is 211 g/mol. The zero-order chi connectivity index (χ0) is 11.2. The molecule has 1 N–H and O–H groups in total. The summed E-state index contributed by atoms with van der Waals surface area (Å²) in [5.74, 6) is 0.850. The van der Waals surface area contributed by atoms with Gasteiger partial charge in [0, 0.05) is 11.4 Å². The Kier molecular flexibility index (Phi) is 3.24. The van der Waals surface area contributed by atoms with E-state index in [9.17, 15) is 0 Å². The third-order valence-electron chi connectivity index (χ3n) is 2.14. The standard InChI is InChI=1S/C14H13NO/c1-2-12-9-10-13(15-12)6-3-4-7-14-8-5-11-16-14/h2-11,15H,1H2/b6-3+,7-4+. The number of H-pyrrole nitrogens is 1. The number of hydrogen-bond donors (Lipinski definition) is 1. The zero-order valence-electron chi connectivity index (χ0n) is 8.89. The van der Waals surface area contributed by atoms with E-state index in [1.807, 2.05) is 48.6 Å². The summed E-state index contributed by atoms with van der Waals surface area (Å²) >= 11 is 0. The number of hydrogen-bond acceptors (Lipinski definition) is 1. The molecule has 2 nitrogen and oxygen atoms in total. The van der Waals surface area contributed by atoms with E-state index < -0.39 is 0 Å². The summed E-state index contributed by atoms with van der Waals surface area (Å²) in [6.07, 6.45) is 11.2. The van der Waals surface area contributed by atoms with Gasteiger partial charge in [0.1, 0.15) is 5.76 Å². The Hall–Kier alpha value is -2.22. The molecule has 80 valence electrons. The van der Waals surface area contributed by atoms with Gasteiger partial charge in [0.25, 0.3) is 0 Å². The van der Waals surface area contributed by atoms with E-state index >= 15 is 0 Å². The van der Waals surface area contributed by atoms with Gasteiger partial charge in [-0.2, -0.15) is 0 Å². The minimum Gasteiger partial charge on any atom is -0.465 e. The molecule has 0 aliphatic heterocycles. The predicted octanol–water partition coefficient (Wildman–Crippen LogP) is 3.98.